The van der Waals surface area contributed by atoms with Crippen molar-refractivity contribution < 1.29 is 19.5 Å². The van der Waals surface area contributed by atoms with E-state index >= 15 is 0 Å². The van der Waals surface area contributed by atoms with Crippen LogP contribution in [-0.2, 0) is 9.59 Å². The van der Waals surface area contributed by atoms with Gasteiger partial charge in [-0.2, -0.15) is 0 Å². The average molecular weight is 291 g/mol. The smallest absolute Gasteiger partial charge is 0.314 e. The van der Waals surface area contributed by atoms with E-state index in [0.29, 0.717) is 17.7 Å². The highest BCUT2D eigenvalue weighted by molar-refractivity contribution is 6.08. The van der Waals surface area contributed by atoms with Crippen LogP contribution >= 0.6 is 0 Å². The van der Waals surface area contributed by atoms with Gasteiger partial charge in [0.15, 0.2) is 5.78 Å². The van der Waals surface area contributed by atoms with Gasteiger partial charge in [-0.1, -0.05) is 20.8 Å². The Kier molecular flexibility index (Phi) is 5.24. The van der Waals surface area contributed by atoms with Crippen LogP contribution in [0.4, 0.5) is 5.69 Å². The second-order valence-electron chi connectivity index (χ2n) is 5.69. The van der Waals surface area contributed by atoms with Gasteiger partial charge in [0.05, 0.1) is 0 Å². The summed E-state index contributed by atoms with van der Waals surface area (Å²) in [5.41, 5.74) is 0.436. The first-order valence-electron chi connectivity index (χ1n) is 6.87. The summed E-state index contributed by atoms with van der Waals surface area (Å²) in [7, 11) is 0. The van der Waals surface area contributed by atoms with Gasteiger partial charge in [-0.15, -0.1) is 0 Å². The van der Waals surface area contributed by atoms with Crippen LogP contribution in [0.15, 0.2) is 24.3 Å². The predicted molar refractivity (Wildman–Crippen MR) is 80.3 cm³/mol. The van der Waals surface area contributed by atoms with Crippen molar-refractivity contribution in [2.75, 3.05) is 5.32 Å². The molecular formula is C16H21NO4. The zero-order valence-electron chi connectivity index (χ0n) is 12.8. The highest BCUT2D eigenvalue weighted by Gasteiger charge is 2.25. The second kappa shape index (κ2) is 6.52. The van der Waals surface area contributed by atoms with Crippen LogP contribution in [0.1, 0.15) is 44.5 Å². The SMILES string of the molecule is CCC(C)(C)C(=O)Nc1ccc(C(=O)C(C)C(=O)O)cc1. The lowest BCUT2D eigenvalue weighted by molar-refractivity contribution is -0.139. The van der Waals surface area contributed by atoms with E-state index < -0.39 is 23.1 Å². The number of Topliss-reactive ketones (excluding diaryl/α,β-unsaturated/α-hetero) is 1. The zero-order valence-corrected chi connectivity index (χ0v) is 12.8. The molecule has 1 aromatic carbocycles. The van der Waals surface area contributed by atoms with Crippen LogP contribution in [-0.4, -0.2) is 22.8 Å². The van der Waals surface area contributed by atoms with Crippen molar-refractivity contribution in [1.29, 1.82) is 0 Å². The van der Waals surface area contributed by atoms with Crippen molar-refractivity contribution in [3.05, 3.63) is 29.8 Å². The van der Waals surface area contributed by atoms with Crippen LogP contribution in [0.3, 0.4) is 0 Å². The molecule has 0 saturated heterocycles. The molecule has 0 heterocycles. The van der Waals surface area contributed by atoms with Crippen molar-refractivity contribution in [2.24, 2.45) is 11.3 Å². The number of ketones is 1. The lowest BCUT2D eigenvalue weighted by atomic mass is 9.89. The molecule has 0 aliphatic carbocycles. The van der Waals surface area contributed by atoms with Gasteiger partial charge in [-0.05, 0) is 37.6 Å². The lowest BCUT2D eigenvalue weighted by Gasteiger charge is -2.21. The number of carboxylic acids is 1. The number of hydrogen-bond acceptors (Lipinski definition) is 3. The van der Waals surface area contributed by atoms with E-state index in [0.717, 1.165) is 0 Å². The van der Waals surface area contributed by atoms with Crippen molar-refractivity contribution >= 4 is 23.3 Å². The van der Waals surface area contributed by atoms with E-state index in [1.165, 1.54) is 19.1 Å². The highest BCUT2D eigenvalue weighted by atomic mass is 16.4. The number of hydrogen-bond donors (Lipinski definition) is 2. The summed E-state index contributed by atoms with van der Waals surface area (Å²) < 4.78 is 0. The van der Waals surface area contributed by atoms with Crippen LogP contribution in [0.25, 0.3) is 0 Å². The molecule has 0 fully saturated rings. The van der Waals surface area contributed by atoms with Crippen molar-refractivity contribution in [3.63, 3.8) is 0 Å². The fraction of sp³-hybridized carbons (Fsp3) is 0.438. The average Bonchev–Trinajstić information content (AvgIpc) is 2.46. The Labute approximate surface area is 124 Å². The number of carboxylic acid groups (broad SMARTS) is 1. The Morgan fingerprint density at radius 3 is 2.14 bits per heavy atom. The number of amides is 1. The van der Waals surface area contributed by atoms with E-state index in [1.54, 1.807) is 12.1 Å². The molecule has 5 heteroatoms. The molecular weight excluding hydrogens is 270 g/mol. The standard InChI is InChI=1S/C16H21NO4/c1-5-16(3,4)15(21)17-12-8-6-11(7-9-12)13(18)10(2)14(19)20/h6-10H,5H2,1-4H3,(H,17,21)(H,19,20). The van der Waals surface area contributed by atoms with Crippen molar-refractivity contribution in [3.8, 4) is 0 Å². The van der Waals surface area contributed by atoms with E-state index in [9.17, 15) is 14.4 Å². The van der Waals surface area contributed by atoms with Gasteiger partial charge >= 0.3 is 5.97 Å². The molecule has 0 radical (unpaired) electrons. The third kappa shape index (κ3) is 4.15. The van der Waals surface area contributed by atoms with E-state index in [-0.39, 0.29) is 5.91 Å². The normalized spacial score (nSPS) is 12.6. The molecule has 0 aliphatic rings. The largest absolute Gasteiger partial charge is 0.481 e. The fourth-order valence-electron chi connectivity index (χ4n) is 1.54. The van der Waals surface area contributed by atoms with E-state index in [1.807, 2.05) is 20.8 Å². The number of nitrogens with one attached hydrogen (secondary N) is 1. The molecule has 1 unspecified atom stereocenters. The number of rotatable bonds is 6. The summed E-state index contributed by atoms with van der Waals surface area (Å²) in [6, 6.07) is 6.25. The van der Waals surface area contributed by atoms with Crippen LogP contribution in [0.5, 0.6) is 0 Å². The molecule has 1 aromatic rings. The molecule has 1 atom stereocenters. The Bertz CT molecular complexity index is 546. The summed E-state index contributed by atoms with van der Waals surface area (Å²) in [5.74, 6) is -2.77. The molecule has 2 N–H and O–H groups in total. The molecule has 0 saturated carbocycles. The molecule has 0 aromatic heterocycles. The number of anilines is 1. The maximum atomic E-state index is 12.0. The third-order valence-corrected chi connectivity index (χ3v) is 3.69. The monoisotopic (exact) mass is 291 g/mol. The van der Waals surface area contributed by atoms with Gasteiger partial charge in [0.25, 0.3) is 0 Å². The Morgan fingerprint density at radius 1 is 1.19 bits per heavy atom. The second-order valence-corrected chi connectivity index (χ2v) is 5.69. The van der Waals surface area contributed by atoms with Crippen LogP contribution in [0, 0.1) is 11.3 Å². The first-order valence-corrected chi connectivity index (χ1v) is 6.87. The lowest BCUT2D eigenvalue weighted by Crippen LogP contribution is -2.30. The quantitative estimate of drug-likeness (QED) is 0.623. The summed E-state index contributed by atoms with van der Waals surface area (Å²) in [6.07, 6.45) is 0.714. The minimum atomic E-state index is -1.15. The number of carbonyl (C=O) groups is 3. The van der Waals surface area contributed by atoms with E-state index in [2.05, 4.69) is 5.32 Å². The molecule has 114 valence electrons. The van der Waals surface area contributed by atoms with Gasteiger partial charge in [0.1, 0.15) is 5.92 Å². The molecule has 0 spiro atoms. The third-order valence-electron chi connectivity index (χ3n) is 3.69. The number of benzene rings is 1. The Balaban J connectivity index is 2.82. The Morgan fingerprint density at radius 2 is 1.71 bits per heavy atom. The first kappa shape index (κ1) is 16.9. The molecule has 0 bridgehead atoms. The fourth-order valence-corrected chi connectivity index (χ4v) is 1.54. The van der Waals surface area contributed by atoms with Gasteiger partial charge in [-0.25, -0.2) is 0 Å². The molecule has 1 amide bonds. The van der Waals surface area contributed by atoms with Gasteiger partial charge in [0, 0.05) is 16.7 Å². The predicted octanol–water partition coefficient (Wildman–Crippen LogP) is 2.96. The van der Waals surface area contributed by atoms with Gasteiger partial charge in [-0.3, -0.25) is 14.4 Å². The molecule has 5 nitrogen and oxygen atoms in total. The summed E-state index contributed by atoms with van der Waals surface area (Å²) in [5, 5.41) is 11.6. The molecule has 1 rings (SSSR count). The number of aliphatic carboxylic acids is 1. The maximum Gasteiger partial charge on any atom is 0.314 e. The summed E-state index contributed by atoms with van der Waals surface area (Å²) in [4.78, 5) is 34.7. The first-order chi connectivity index (χ1) is 9.69. The van der Waals surface area contributed by atoms with Gasteiger partial charge < -0.3 is 10.4 Å². The van der Waals surface area contributed by atoms with Gasteiger partial charge in [0.2, 0.25) is 5.91 Å². The van der Waals surface area contributed by atoms with Crippen LogP contribution < -0.4 is 5.32 Å². The van der Waals surface area contributed by atoms with Crippen LogP contribution in [0.2, 0.25) is 0 Å². The zero-order chi connectivity index (χ0) is 16.2. The number of carbonyl (C=O) groups excluding carboxylic acids is 2. The van der Waals surface area contributed by atoms with Crippen molar-refractivity contribution in [2.45, 2.75) is 34.1 Å². The summed E-state index contributed by atoms with van der Waals surface area (Å²) >= 11 is 0. The van der Waals surface area contributed by atoms with Crippen molar-refractivity contribution in [1.82, 2.24) is 0 Å². The minimum absolute atomic E-state index is 0.0945. The van der Waals surface area contributed by atoms with E-state index in [4.69, 9.17) is 5.11 Å². The summed E-state index contributed by atoms with van der Waals surface area (Å²) in [6.45, 7) is 7.00. The minimum Gasteiger partial charge on any atom is -0.481 e. The molecule has 21 heavy (non-hydrogen) atoms. The highest BCUT2D eigenvalue weighted by Crippen LogP contribution is 2.22. The Hall–Kier alpha value is -2.17. The topological polar surface area (TPSA) is 83.5 Å². The molecule has 0 aliphatic heterocycles. The maximum absolute atomic E-state index is 12.0.